The lowest BCUT2D eigenvalue weighted by Crippen LogP contribution is -2.45. The maximum atomic E-state index is 13.0. The summed E-state index contributed by atoms with van der Waals surface area (Å²) in [5.74, 6) is -5.87. The maximum Gasteiger partial charge on any atom is 0.394 e. The van der Waals surface area contributed by atoms with Crippen LogP contribution in [-0.4, -0.2) is 54.4 Å². The van der Waals surface area contributed by atoms with E-state index in [4.69, 9.17) is 9.84 Å². The lowest BCUT2D eigenvalue weighted by atomic mass is 9.96. The molecule has 1 fully saturated rings. The molecule has 0 radical (unpaired) electrons. The van der Waals surface area contributed by atoms with E-state index in [1.54, 1.807) is 6.92 Å². The van der Waals surface area contributed by atoms with Crippen LogP contribution in [0.2, 0.25) is 0 Å². The number of benzene rings is 1. The zero-order chi connectivity index (χ0) is 20.4. The van der Waals surface area contributed by atoms with Gasteiger partial charge in [0.25, 0.3) is 0 Å². The van der Waals surface area contributed by atoms with Crippen LogP contribution < -0.4 is 5.32 Å². The Kier molecular flexibility index (Phi) is 6.30. The molecule has 1 saturated heterocycles. The van der Waals surface area contributed by atoms with Gasteiger partial charge >= 0.3 is 18.2 Å². The summed E-state index contributed by atoms with van der Waals surface area (Å²) >= 11 is 0. The number of aliphatic carboxylic acids is 1. The number of alkyl halides is 3. The Morgan fingerprint density at radius 1 is 1.26 bits per heavy atom. The van der Waals surface area contributed by atoms with Crippen LogP contribution in [0.3, 0.4) is 0 Å². The highest BCUT2D eigenvalue weighted by atomic mass is 19.4. The van der Waals surface area contributed by atoms with Crippen LogP contribution in [0.25, 0.3) is 0 Å². The molecule has 2 amide bonds. The summed E-state index contributed by atoms with van der Waals surface area (Å²) in [6.07, 6.45) is -5.38. The van der Waals surface area contributed by atoms with Crippen molar-refractivity contribution in [3.63, 3.8) is 0 Å². The lowest BCUT2D eigenvalue weighted by molar-refractivity contribution is -0.187. The van der Waals surface area contributed by atoms with E-state index < -0.39 is 61.1 Å². The molecule has 2 unspecified atom stereocenters. The Morgan fingerprint density at radius 3 is 2.30 bits per heavy atom. The first-order chi connectivity index (χ1) is 12.5. The molecule has 1 aliphatic heterocycles. The van der Waals surface area contributed by atoms with Crippen molar-refractivity contribution >= 4 is 12.0 Å². The molecular formula is C17H20F4N2O4. The zero-order valence-electron chi connectivity index (χ0n) is 14.7. The van der Waals surface area contributed by atoms with Crippen LogP contribution in [0.15, 0.2) is 24.3 Å². The summed E-state index contributed by atoms with van der Waals surface area (Å²) < 4.78 is 57.5. The van der Waals surface area contributed by atoms with Crippen molar-refractivity contribution in [2.24, 2.45) is 11.8 Å². The highest BCUT2D eigenvalue weighted by molar-refractivity contribution is 5.78. The average Bonchev–Trinajstić information content (AvgIpc) is 3.03. The molecule has 0 saturated carbocycles. The van der Waals surface area contributed by atoms with Gasteiger partial charge in [0.2, 0.25) is 0 Å². The molecule has 2 rings (SSSR count). The Labute approximate surface area is 153 Å². The van der Waals surface area contributed by atoms with Gasteiger partial charge in [0.1, 0.15) is 11.9 Å². The number of nitrogens with zero attached hydrogens (tertiary/aromatic N) is 1. The van der Waals surface area contributed by atoms with Crippen molar-refractivity contribution in [1.82, 2.24) is 10.2 Å². The topological polar surface area (TPSA) is 78.9 Å². The van der Waals surface area contributed by atoms with Gasteiger partial charge in [0.05, 0.1) is 17.9 Å². The summed E-state index contributed by atoms with van der Waals surface area (Å²) in [5, 5.41) is 11.5. The van der Waals surface area contributed by atoms with Crippen LogP contribution >= 0.6 is 0 Å². The number of halogens is 4. The number of urea groups is 1. The van der Waals surface area contributed by atoms with E-state index in [2.05, 4.69) is 5.32 Å². The molecule has 1 heterocycles. The molecule has 10 heteroatoms. The third kappa shape index (κ3) is 4.88. The molecule has 0 spiro atoms. The molecule has 1 aromatic carbocycles. The Bertz CT molecular complexity index is 681. The van der Waals surface area contributed by atoms with E-state index in [0.29, 0.717) is 5.56 Å². The minimum atomic E-state index is -4.72. The van der Waals surface area contributed by atoms with Gasteiger partial charge in [0.15, 0.2) is 0 Å². The Morgan fingerprint density at radius 2 is 1.85 bits per heavy atom. The van der Waals surface area contributed by atoms with E-state index in [0.717, 1.165) is 4.90 Å². The number of nitrogens with one attached hydrogen (secondary N) is 1. The minimum absolute atomic E-state index is 0.444. The van der Waals surface area contributed by atoms with Crippen LogP contribution in [0.5, 0.6) is 0 Å². The largest absolute Gasteiger partial charge is 0.481 e. The second kappa shape index (κ2) is 8.12. The number of carbonyl (C=O) groups is 2. The van der Waals surface area contributed by atoms with Gasteiger partial charge in [0, 0.05) is 20.2 Å². The summed E-state index contributed by atoms with van der Waals surface area (Å²) in [7, 11) is 1.38. The van der Waals surface area contributed by atoms with Gasteiger partial charge < -0.3 is 20.1 Å². The fraction of sp³-hybridized carbons (Fsp3) is 0.529. The van der Waals surface area contributed by atoms with E-state index in [1.807, 2.05) is 0 Å². The quantitative estimate of drug-likeness (QED) is 0.756. The Hall–Kier alpha value is -2.36. The summed E-state index contributed by atoms with van der Waals surface area (Å²) in [6.45, 7) is 0.320. The van der Waals surface area contributed by atoms with Gasteiger partial charge in [-0.3, -0.25) is 4.79 Å². The van der Waals surface area contributed by atoms with Crippen molar-refractivity contribution in [2.75, 3.05) is 20.2 Å². The second-order valence-corrected chi connectivity index (χ2v) is 6.44. The highest BCUT2D eigenvalue weighted by Crippen LogP contribution is 2.37. The van der Waals surface area contributed by atoms with Gasteiger partial charge in [-0.1, -0.05) is 12.1 Å². The van der Waals surface area contributed by atoms with Crippen molar-refractivity contribution < 1.29 is 37.0 Å². The number of hydrogen-bond acceptors (Lipinski definition) is 3. The van der Waals surface area contributed by atoms with Crippen LogP contribution in [0.4, 0.5) is 22.4 Å². The van der Waals surface area contributed by atoms with Crippen molar-refractivity contribution in [2.45, 2.75) is 25.2 Å². The van der Waals surface area contributed by atoms with Crippen molar-refractivity contribution in [3.8, 4) is 0 Å². The zero-order valence-corrected chi connectivity index (χ0v) is 14.7. The third-order valence-corrected chi connectivity index (χ3v) is 4.60. The van der Waals surface area contributed by atoms with Gasteiger partial charge in [-0.15, -0.1) is 0 Å². The SMILES string of the molecule is COC(c1ccc(F)cc1)C(C)NC(=O)N1C[C@@H](C(F)(F)F)[C@H](C(=O)O)C1. The predicted octanol–water partition coefficient (Wildman–Crippen LogP) is 2.81. The van der Waals surface area contributed by atoms with Crippen LogP contribution in [0.1, 0.15) is 18.6 Å². The van der Waals surface area contributed by atoms with Gasteiger partial charge in [-0.2, -0.15) is 13.2 Å². The molecule has 150 valence electrons. The van der Waals surface area contributed by atoms with Gasteiger partial charge in [-0.25, -0.2) is 9.18 Å². The molecular weight excluding hydrogens is 372 g/mol. The summed E-state index contributed by atoms with van der Waals surface area (Å²) in [5.41, 5.74) is 0.574. The molecule has 0 bridgehead atoms. The minimum Gasteiger partial charge on any atom is -0.481 e. The predicted molar refractivity (Wildman–Crippen MR) is 86.4 cm³/mol. The highest BCUT2D eigenvalue weighted by Gasteiger charge is 2.53. The summed E-state index contributed by atoms with van der Waals surface area (Å²) in [4.78, 5) is 24.3. The fourth-order valence-electron chi connectivity index (χ4n) is 3.19. The monoisotopic (exact) mass is 392 g/mol. The number of carboxylic acids is 1. The van der Waals surface area contributed by atoms with E-state index in [9.17, 15) is 27.2 Å². The normalized spacial score (nSPS) is 22.4. The van der Waals surface area contributed by atoms with Crippen LogP contribution in [-0.2, 0) is 9.53 Å². The first-order valence-corrected chi connectivity index (χ1v) is 8.17. The van der Waals surface area contributed by atoms with Gasteiger partial charge in [-0.05, 0) is 24.6 Å². The Balaban J connectivity index is 2.07. The van der Waals surface area contributed by atoms with E-state index in [1.165, 1.54) is 31.4 Å². The molecule has 0 aromatic heterocycles. The average molecular weight is 392 g/mol. The number of likely N-dealkylation sites (tertiary alicyclic amines) is 1. The molecule has 2 N–H and O–H groups in total. The molecule has 0 aliphatic carbocycles. The van der Waals surface area contributed by atoms with Crippen LogP contribution in [0, 0.1) is 17.7 Å². The van der Waals surface area contributed by atoms with Crippen molar-refractivity contribution in [1.29, 1.82) is 0 Å². The van der Waals surface area contributed by atoms with E-state index >= 15 is 0 Å². The number of rotatable bonds is 5. The number of hydrogen-bond donors (Lipinski definition) is 2. The standard InChI is InChI=1S/C17H20F4N2O4/c1-9(14(27-2)10-3-5-11(18)6-4-10)22-16(26)23-7-12(15(24)25)13(8-23)17(19,20)21/h3-6,9,12-14H,7-8H2,1-2H3,(H,22,26)(H,24,25)/t9?,12-,13-,14?/m1/s1. The molecule has 1 aromatic rings. The summed E-state index contributed by atoms with van der Waals surface area (Å²) in [6, 6.07) is 3.93. The molecule has 27 heavy (non-hydrogen) atoms. The first-order valence-electron chi connectivity index (χ1n) is 8.17. The number of amides is 2. The number of ether oxygens (including phenoxy) is 1. The molecule has 6 nitrogen and oxygen atoms in total. The molecule has 1 aliphatic rings. The maximum absolute atomic E-state index is 13.0. The molecule has 4 atom stereocenters. The fourth-order valence-corrected chi connectivity index (χ4v) is 3.19. The number of methoxy groups -OCH3 is 1. The smallest absolute Gasteiger partial charge is 0.394 e. The number of carboxylic acid groups (broad SMARTS) is 1. The second-order valence-electron chi connectivity index (χ2n) is 6.44. The first kappa shape index (κ1) is 20.9. The van der Waals surface area contributed by atoms with Crippen molar-refractivity contribution in [3.05, 3.63) is 35.6 Å². The van der Waals surface area contributed by atoms with E-state index in [-0.39, 0.29) is 0 Å². The number of carbonyl (C=O) groups excluding carboxylic acids is 1. The lowest BCUT2D eigenvalue weighted by Gasteiger charge is -2.27. The third-order valence-electron chi connectivity index (χ3n) is 4.60.